The Bertz CT molecular complexity index is 1180. The maximum Gasteiger partial charge on any atom is 0.407 e. The summed E-state index contributed by atoms with van der Waals surface area (Å²) in [7, 11) is 2.03. The zero-order valence-electron chi connectivity index (χ0n) is 20.4. The van der Waals surface area contributed by atoms with Crippen molar-refractivity contribution in [3.63, 3.8) is 0 Å². The van der Waals surface area contributed by atoms with Crippen molar-refractivity contribution in [3.8, 4) is 12.3 Å². The molecule has 2 N–H and O–H groups in total. The first kappa shape index (κ1) is 26.6. The van der Waals surface area contributed by atoms with Crippen molar-refractivity contribution in [2.24, 2.45) is 5.92 Å². The molecule has 2 heterocycles. The molecule has 0 bridgehead atoms. The second-order valence-corrected chi connectivity index (χ2v) is 9.43. The largest absolute Gasteiger partial charge is 0.480 e. The summed E-state index contributed by atoms with van der Waals surface area (Å²) >= 11 is 0. The predicted molar refractivity (Wildman–Crippen MR) is 131 cm³/mol. The first-order valence-electron chi connectivity index (χ1n) is 11.6. The first-order valence-corrected chi connectivity index (χ1v) is 11.6. The van der Waals surface area contributed by atoms with Crippen LogP contribution in [0.3, 0.4) is 0 Å². The maximum atomic E-state index is 14.0. The van der Waals surface area contributed by atoms with Gasteiger partial charge in [-0.2, -0.15) is 13.2 Å². The zero-order valence-corrected chi connectivity index (χ0v) is 20.4. The summed E-state index contributed by atoms with van der Waals surface area (Å²) in [5.74, 6) is 1.86. The molecule has 8 heteroatoms. The number of furan rings is 1. The minimum absolute atomic E-state index is 0.0689. The predicted octanol–water partition coefficient (Wildman–Crippen LogP) is 5.71. The monoisotopic (exact) mass is 488 g/mol. The normalized spacial score (nSPS) is 17.3. The van der Waals surface area contributed by atoms with E-state index in [1.165, 1.54) is 12.1 Å². The van der Waals surface area contributed by atoms with E-state index in [0.29, 0.717) is 11.1 Å². The van der Waals surface area contributed by atoms with Crippen LogP contribution in [-0.4, -0.2) is 48.3 Å². The van der Waals surface area contributed by atoms with Gasteiger partial charge in [0.05, 0.1) is 0 Å². The molecular formula is C27H31F3N2O3. The van der Waals surface area contributed by atoms with Gasteiger partial charge >= 0.3 is 12.1 Å². The van der Waals surface area contributed by atoms with Gasteiger partial charge in [0.25, 0.3) is 0 Å². The Labute approximate surface area is 203 Å². The number of fused-ring (bicyclic) bond motifs is 1. The van der Waals surface area contributed by atoms with Crippen molar-refractivity contribution in [1.29, 1.82) is 0 Å². The van der Waals surface area contributed by atoms with E-state index in [1.54, 1.807) is 26.8 Å². The molecule has 0 saturated heterocycles. The van der Waals surface area contributed by atoms with E-state index in [1.807, 2.05) is 13.1 Å². The molecule has 0 amide bonds. The SMILES string of the molecule is C#C/C(=C\c1c(C)oc2cc([C@H](N[C@@H](CC(C)C)C(=O)O)C(F)(F)F)ccc12)C1=CCN(C)CC1. The number of likely N-dealkylation sites (N-methyl/N-ethyl adjacent to an activating group) is 1. The molecule has 0 fully saturated rings. The fourth-order valence-electron chi connectivity index (χ4n) is 4.29. The minimum atomic E-state index is -4.69. The molecule has 1 aliphatic heterocycles. The van der Waals surface area contributed by atoms with Crippen LogP contribution in [0.25, 0.3) is 17.0 Å². The quantitative estimate of drug-likeness (QED) is 0.466. The Hall–Kier alpha value is -3.02. The van der Waals surface area contributed by atoms with Crippen LogP contribution < -0.4 is 5.32 Å². The van der Waals surface area contributed by atoms with Gasteiger partial charge in [0.1, 0.15) is 23.4 Å². The first-order chi connectivity index (χ1) is 16.4. The molecule has 2 aromatic rings. The van der Waals surface area contributed by atoms with Crippen molar-refractivity contribution in [1.82, 2.24) is 10.2 Å². The van der Waals surface area contributed by atoms with Gasteiger partial charge in [0.15, 0.2) is 0 Å². The second-order valence-electron chi connectivity index (χ2n) is 9.43. The molecule has 0 aliphatic carbocycles. The van der Waals surface area contributed by atoms with Crippen LogP contribution in [0, 0.1) is 25.2 Å². The summed E-state index contributed by atoms with van der Waals surface area (Å²) in [5.41, 5.74) is 2.67. The summed E-state index contributed by atoms with van der Waals surface area (Å²) in [5, 5.41) is 12.4. The summed E-state index contributed by atoms with van der Waals surface area (Å²) in [6.07, 6.45) is 5.90. The Kier molecular flexibility index (Phi) is 8.14. The van der Waals surface area contributed by atoms with Gasteiger partial charge in [-0.3, -0.25) is 10.1 Å². The van der Waals surface area contributed by atoms with Gasteiger partial charge in [-0.05, 0) is 56.0 Å². The van der Waals surface area contributed by atoms with Gasteiger partial charge < -0.3 is 14.4 Å². The molecule has 2 atom stereocenters. The molecule has 35 heavy (non-hydrogen) atoms. The highest BCUT2D eigenvalue weighted by Crippen LogP contribution is 2.37. The molecule has 1 aliphatic rings. The van der Waals surface area contributed by atoms with E-state index in [0.717, 1.165) is 36.2 Å². The number of hydrogen-bond acceptors (Lipinski definition) is 4. The van der Waals surface area contributed by atoms with Crippen LogP contribution in [-0.2, 0) is 4.79 Å². The minimum Gasteiger partial charge on any atom is -0.480 e. The number of hydrogen-bond donors (Lipinski definition) is 2. The number of carboxylic acids is 1. The van der Waals surface area contributed by atoms with Gasteiger partial charge in [-0.25, -0.2) is 0 Å². The lowest BCUT2D eigenvalue weighted by Gasteiger charge is -2.26. The van der Waals surface area contributed by atoms with Crippen LogP contribution >= 0.6 is 0 Å². The Morgan fingerprint density at radius 2 is 2.09 bits per heavy atom. The van der Waals surface area contributed by atoms with Gasteiger partial charge in [-0.15, -0.1) is 6.42 Å². The average molecular weight is 489 g/mol. The number of aliphatic carboxylic acids is 1. The molecule has 3 rings (SSSR count). The van der Waals surface area contributed by atoms with Crippen LogP contribution in [0.5, 0.6) is 0 Å². The number of nitrogens with zero attached hydrogens (tertiary/aromatic N) is 1. The second kappa shape index (κ2) is 10.7. The number of alkyl halides is 3. The highest BCUT2D eigenvalue weighted by atomic mass is 19.4. The zero-order chi connectivity index (χ0) is 25.9. The molecule has 5 nitrogen and oxygen atoms in total. The van der Waals surface area contributed by atoms with Crippen LogP contribution in [0.1, 0.15) is 49.6 Å². The maximum absolute atomic E-state index is 14.0. The lowest BCUT2D eigenvalue weighted by atomic mass is 9.96. The van der Waals surface area contributed by atoms with Crippen LogP contribution in [0.15, 0.2) is 39.8 Å². The number of carboxylic acid groups (broad SMARTS) is 1. The number of rotatable bonds is 8. The van der Waals surface area contributed by atoms with Crippen molar-refractivity contribution in [2.45, 2.75) is 51.9 Å². The molecule has 188 valence electrons. The average Bonchev–Trinajstić information content (AvgIpc) is 3.08. The molecule has 0 unspecified atom stereocenters. The van der Waals surface area contributed by atoms with Crippen LogP contribution in [0.4, 0.5) is 13.2 Å². The number of nitrogens with one attached hydrogen (secondary N) is 1. The number of allylic oxidation sites excluding steroid dienone is 1. The third-order valence-electron chi connectivity index (χ3n) is 6.17. The Morgan fingerprint density at radius 3 is 2.63 bits per heavy atom. The summed E-state index contributed by atoms with van der Waals surface area (Å²) in [4.78, 5) is 13.8. The highest BCUT2D eigenvalue weighted by Gasteiger charge is 2.43. The smallest absolute Gasteiger partial charge is 0.407 e. The third-order valence-corrected chi connectivity index (χ3v) is 6.17. The Morgan fingerprint density at radius 1 is 1.37 bits per heavy atom. The lowest BCUT2D eigenvalue weighted by Crippen LogP contribution is -2.45. The summed E-state index contributed by atoms with van der Waals surface area (Å²) in [6.45, 7) is 6.95. The van der Waals surface area contributed by atoms with E-state index in [-0.39, 0.29) is 23.5 Å². The number of aryl methyl sites for hydroxylation is 1. The van der Waals surface area contributed by atoms with Crippen molar-refractivity contribution in [2.75, 3.05) is 20.1 Å². The van der Waals surface area contributed by atoms with Crippen molar-refractivity contribution in [3.05, 3.63) is 52.3 Å². The fraction of sp³-hybridized carbons (Fsp3) is 0.444. The van der Waals surface area contributed by atoms with Crippen molar-refractivity contribution >= 4 is 23.0 Å². The molecule has 0 saturated carbocycles. The van der Waals surface area contributed by atoms with Gasteiger partial charge in [-0.1, -0.05) is 38.0 Å². The highest BCUT2D eigenvalue weighted by molar-refractivity contribution is 5.90. The molecule has 1 aromatic carbocycles. The van der Waals surface area contributed by atoms with Crippen molar-refractivity contribution < 1.29 is 27.5 Å². The van der Waals surface area contributed by atoms with Gasteiger partial charge in [0.2, 0.25) is 0 Å². The fourth-order valence-corrected chi connectivity index (χ4v) is 4.29. The van der Waals surface area contributed by atoms with Gasteiger partial charge in [0, 0.05) is 29.6 Å². The van der Waals surface area contributed by atoms with E-state index in [4.69, 9.17) is 10.8 Å². The Balaban J connectivity index is 2.00. The number of terminal acetylenes is 1. The molecular weight excluding hydrogens is 457 g/mol. The number of benzene rings is 1. The standard InChI is InChI=1S/C27H31F3N2O3/c1-6-18(19-9-11-32(5)12-10-19)14-22-17(4)35-24-15-20(7-8-21(22)24)25(27(28,29)30)31-23(26(33)34)13-16(2)3/h1,7-9,14-16,23,25,31H,10-13H2,2-5H3,(H,33,34)/b18-14+/t23-,25-/m0/s1. The van der Waals surface area contributed by atoms with E-state index < -0.39 is 24.2 Å². The van der Waals surface area contributed by atoms with E-state index >= 15 is 0 Å². The molecule has 0 spiro atoms. The third kappa shape index (κ3) is 6.36. The van der Waals surface area contributed by atoms with E-state index in [2.05, 4.69) is 22.2 Å². The topological polar surface area (TPSA) is 65.7 Å². The number of carbonyl (C=O) groups is 1. The number of halogens is 3. The summed E-state index contributed by atoms with van der Waals surface area (Å²) in [6, 6.07) is 0.766. The van der Waals surface area contributed by atoms with E-state index in [9.17, 15) is 23.1 Å². The summed E-state index contributed by atoms with van der Waals surface area (Å²) < 4.78 is 47.7. The molecule has 1 aromatic heterocycles. The van der Waals surface area contributed by atoms with Crippen LogP contribution in [0.2, 0.25) is 0 Å². The lowest BCUT2D eigenvalue weighted by molar-refractivity contribution is -0.163. The molecule has 0 radical (unpaired) electrons.